The molecule has 4 aromatic rings. The highest BCUT2D eigenvalue weighted by Crippen LogP contribution is 2.27. The van der Waals surface area contributed by atoms with Crippen LogP contribution in [0.3, 0.4) is 0 Å². The van der Waals surface area contributed by atoms with E-state index in [0.717, 1.165) is 54.2 Å². The van der Waals surface area contributed by atoms with Gasteiger partial charge < -0.3 is 15.1 Å². The normalized spacial score (nSPS) is 15.1. The van der Waals surface area contributed by atoms with Gasteiger partial charge in [0.1, 0.15) is 11.6 Å². The van der Waals surface area contributed by atoms with Gasteiger partial charge >= 0.3 is 0 Å². The molecule has 30 heavy (non-hydrogen) atoms. The number of pyridine rings is 1. The Morgan fingerprint density at radius 3 is 2.63 bits per heavy atom. The number of fused-ring (bicyclic) bond motifs is 1. The molecule has 1 aliphatic rings. The first kappa shape index (κ1) is 18.8. The molecule has 11 heteroatoms. The maximum Gasteiger partial charge on any atom is 0.227 e. The van der Waals surface area contributed by atoms with Crippen molar-refractivity contribution >= 4 is 39.1 Å². The third-order valence-electron chi connectivity index (χ3n) is 4.90. The molecule has 0 atom stereocenters. The zero-order valence-electron chi connectivity index (χ0n) is 16.6. The number of likely N-dealkylation sites (N-methyl/N-ethyl adjacent to an activating group) is 1. The van der Waals surface area contributed by atoms with Gasteiger partial charge in [0.15, 0.2) is 5.82 Å². The lowest BCUT2D eigenvalue weighted by atomic mass is 10.3. The standard InChI is InChI=1S/C19H20FN9S/c1-12-7-17(26-18(23-12)28-5-3-27(2)4-6-28)25-16-8-14-15(10-21-16)30-19(24-14)29-11-13(20)9-22-29/h7-11H,3-6H2,1-2H3,(H,21,23,25,26). The van der Waals surface area contributed by atoms with E-state index in [-0.39, 0.29) is 0 Å². The van der Waals surface area contributed by atoms with Crippen LogP contribution in [0.1, 0.15) is 5.69 Å². The van der Waals surface area contributed by atoms with Crippen LogP contribution < -0.4 is 10.2 Å². The number of hydrogen-bond donors (Lipinski definition) is 1. The van der Waals surface area contributed by atoms with Crippen molar-refractivity contribution in [2.24, 2.45) is 0 Å². The molecule has 9 nitrogen and oxygen atoms in total. The van der Waals surface area contributed by atoms with E-state index in [1.165, 1.54) is 22.2 Å². The number of nitrogens with one attached hydrogen (secondary N) is 1. The molecular weight excluding hydrogens is 405 g/mol. The van der Waals surface area contributed by atoms with E-state index in [1.54, 1.807) is 6.20 Å². The summed E-state index contributed by atoms with van der Waals surface area (Å²) in [6.45, 7) is 5.74. The van der Waals surface area contributed by atoms with Gasteiger partial charge in [0, 0.05) is 50.2 Å². The number of rotatable bonds is 4. The second-order valence-corrected chi connectivity index (χ2v) is 8.26. The summed E-state index contributed by atoms with van der Waals surface area (Å²) >= 11 is 1.40. The third kappa shape index (κ3) is 3.81. The third-order valence-corrected chi connectivity index (χ3v) is 5.89. The van der Waals surface area contributed by atoms with Crippen molar-refractivity contribution in [2.45, 2.75) is 6.92 Å². The Hall–Kier alpha value is -3.18. The van der Waals surface area contributed by atoms with Crippen LogP contribution in [0, 0.1) is 12.7 Å². The Morgan fingerprint density at radius 2 is 1.87 bits per heavy atom. The molecule has 5 rings (SSSR count). The maximum absolute atomic E-state index is 13.2. The summed E-state index contributed by atoms with van der Waals surface area (Å²) in [7, 11) is 2.12. The first-order valence-corrected chi connectivity index (χ1v) is 10.4. The molecule has 0 aromatic carbocycles. The first-order chi connectivity index (χ1) is 14.5. The second-order valence-electron chi connectivity index (χ2n) is 7.25. The fraction of sp³-hybridized carbons (Fsp3) is 0.316. The average molecular weight is 425 g/mol. The maximum atomic E-state index is 13.2. The Morgan fingerprint density at radius 1 is 1.03 bits per heavy atom. The predicted molar refractivity (Wildman–Crippen MR) is 114 cm³/mol. The molecule has 1 saturated heterocycles. The largest absolute Gasteiger partial charge is 0.338 e. The summed E-state index contributed by atoms with van der Waals surface area (Å²) in [5.74, 6) is 1.65. The smallest absolute Gasteiger partial charge is 0.227 e. The van der Waals surface area contributed by atoms with E-state index in [2.05, 4.69) is 47.2 Å². The molecular formula is C19H20FN9S. The number of aromatic nitrogens is 6. The summed E-state index contributed by atoms with van der Waals surface area (Å²) in [6.07, 6.45) is 4.20. The Balaban J connectivity index is 1.40. The Bertz CT molecular complexity index is 1200. The van der Waals surface area contributed by atoms with Gasteiger partial charge in [-0.25, -0.2) is 24.0 Å². The van der Waals surface area contributed by atoms with E-state index in [4.69, 9.17) is 0 Å². The van der Waals surface area contributed by atoms with Crippen molar-refractivity contribution in [1.82, 2.24) is 34.6 Å². The molecule has 5 heterocycles. The molecule has 0 unspecified atom stereocenters. The van der Waals surface area contributed by atoms with Crippen molar-refractivity contribution < 1.29 is 4.39 Å². The summed E-state index contributed by atoms with van der Waals surface area (Å²) in [4.78, 5) is 22.8. The number of aryl methyl sites for hydroxylation is 1. The molecule has 0 aliphatic carbocycles. The van der Waals surface area contributed by atoms with Crippen LogP contribution in [-0.4, -0.2) is 67.8 Å². The molecule has 0 radical (unpaired) electrons. The molecule has 1 fully saturated rings. The zero-order valence-corrected chi connectivity index (χ0v) is 17.4. The topological polar surface area (TPSA) is 87.9 Å². The van der Waals surface area contributed by atoms with Crippen LogP contribution in [0.4, 0.5) is 22.0 Å². The minimum Gasteiger partial charge on any atom is -0.338 e. The molecule has 4 aromatic heterocycles. The second kappa shape index (κ2) is 7.58. The number of nitrogens with zero attached hydrogens (tertiary/aromatic N) is 8. The summed E-state index contributed by atoms with van der Waals surface area (Å²) in [5.41, 5.74) is 1.65. The lowest BCUT2D eigenvalue weighted by Gasteiger charge is -2.32. The van der Waals surface area contributed by atoms with Crippen LogP contribution in [0.25, 0.3) is 15.3 Å². The summed E-state index contributed by atoms with van der Waals surface area (Å²) in [5, 5.41) is 7.82. The van der Waals surface area contributed by atoms with Crippen molar-refractivity contribution in [1.29, 1.82) is 0 Å². The Kier molecular flexibility index (Phi) is 4.75. The molecule has 0 saturated carbocycles. The highest BCUT2D eigenvalue weighted by Gasteiger charge is 2.17. The molecule has 154 valence electrons. The Labute approximate surface area is 176 Å². The summed E-state index contributed by atoms with van der Waals surface area (Å²) in [6, 6.07) is 3.74. The number of piperazine rings is 1. The molecule has 1 N–H and O–H groups in total. The monoisotopic (exact) mass is 425 g/mol. The van der Waals surface area contributed by atoms with Crippen LogP contribution in [-0.2, 0) is 0 Å². The van der Waals surface area contributed by atoms with Crippen molar-refractivity contribution in [3.8, 4) is 5.13 Å². The van der Waals surface area contributed by atoms with E-state index < -0.39 is 5.82 Å². The SMILES string of the molecule is Cc1cc(Nc2cc3nc(-n4cc(F)cn4)sc3cn2)nc(N2CCN(C)CC2)n1. The van der Waals surface area contributed by atoms with Gasteiger partial charge in [0.05, 0.1) is 22.6 Å². The van der Waals surface area contributed by atoms with Gasteiger partial charge in [0.2, 0.25) is 11.1 Å². The molecule has 1 aliphatic heterocycles. The van der Waals surface area contributed by atoms with Crippen LogP contribution in [0.2, 0.25) is 0 Å². The lowest BCUT2D eigenvalue weighted by molar-refractivity contribution is 0.311. The van der Waals surface area contributed by atoms with Crippen LogP contribution in [0.15, 0.2) is 30.7 Å². The fourth-order valence-corrected chi connectivity index (χ4v) is 4.14. The predicted octanol–water partition coefficient (Wildman–Crippen LogP) is 2.61. The fourth-order valence-electron chi connectivity index (χ4n) is 3.29. The number of halogens is 1. The number of thiazole rings is 1. The van der Waals surface area contributed by atoms with E-state index in [0.29, 0.717) is 16.8 Å². The van der Waals surface area contributed by atoms with E-state index in [1.807, 2.05) is 19.1 Å². The van der Waals surface area contributed by atoms with Crippen molar-refractivity contribution in [2.75, 3.05) is 43.4 Å². The minimum absolute atomic E-state index is 0.398. The van der Waals surface area contributed by atoms with Gasteiger partial charge in [-0.2, -0.15) is 10.1 Å². The lowest BCUT2D eigenvalue weighted by Crippen LogP contribution is -2.45. The number of anilines is 3. The average Bonchev–Trinajstić information content (AvgIpc) is 3.33. The first-order valence-electron chi connectivity index (χ1n) is 9.57. The molecule has 0 bridgehead atoms. The van der Waals surface area contributed by atoms with Gasteiger partial charge in [-0.3, -0.25) is 0 Å². The minimum atomic E-state index is -0.398. The molecule has 0 amide bonds. The quantitative estimate of drug-likeness (QED) is 0.534. The summed E-state index contributed by atoms with van der Waals surface area (Å²) < 4.78 is 15.6. The number of hydrogen-bond acceptors (Lipinski definition) is 9. The van der Waals surface area contributed by atoms with Gasteiger partial charge in [0.25, 0.3) is 0 Å². The highest BCUT2D eigenvalue weighted by molar-refractivity contribution is 7.20. The van der Waals surface area contributed by atoms with Crippen molar-refractivity contribution in [3.63, 3.8) is 0 Å². The van der Waals surface area contributed by atoms with E-state index >= 15 is 0 Å². The van der Waals surface area contributed by atoms with Crippen molar-refractivity contribution in [3.05, 3.63) is 42.2 Å². The van der Waals surface area contributed by atoms with Crippen LogP contribution in [0.5, 0.6) is 0 Å². The highest BCUT2D eigenvalue weighted by atomic mass is 32.1. The molecule has 0 spiro atoms. The van der Waals surface area contributed by atoms with Gasteiger partial charge in [-0.05, 0) is 14.0 Å². The van der Waals surface area contributed by atoms with Gasteiger partial charge in [-0.1, -0.05) is 11.3 Å². The van der Waals surface area contributed by atoms with Crippen LogP contribution >= 0.6 is 11.3 Å². The zero-order chi connectivity index (χ0) is 20.7. The van der Waals surface area contributed by atoms with E-state index in [9.17, 15) is 4.39 Å². The van der Waals surface area contributed by atoms with Gasteiger partial charge in [-0.15, -0.1) is 0 Å².